The summed E-state index contributed by atoms with van der Waals surface area (Å²) in [7, 11) is 0. The van der Waals surface area contributed by atoms with E-state index in [4.69, 9.17) is 23.2 Å². The third kappa shape index (κ3) is 3.68. The minimum absolute atomic E-state index is 2.15. The summed E-state index contributed by atoms with van der Waals surface area (Å²) in [5.74, 6) is -30.0. The predicted molar refractivity (Wildman–Crippen MR) is 68.2 cm³/mol. The highest BCUT2D eigenvalue weighted by Gasteiger charge is 2.39. The second kappa shape index (κ2) is 7.15. The summed E-state index contributed by atoms with van der Waals surface area (Å²) in [6.45, 7) is 0. The molecule has 0 radical (unpaired) electrons. The van der Waals surface area contributed by atoms with Crippen LogP contribution in [0.25, 0.3) is 0 Å². The highest BCUT2D eigenvalue weighted by atomic mass is 35.5. The largest absolute Gasteiger partial charge is 0.421 e. The van der Waals surface area contributed by atoms with E-state index in [9.17, 15) is 43.9 Å². The van der Waals surface area contributed by atoms with Gasteiger partial charge in [-0.3, -0.25) is 0 Å². The van der Waals surface area contributed by atoms with Crippen molar-refractivity contribution in [3.05, 3.63) is 58.2 Å². The molecule has 0 spiro atoms. The summed E-state index contributed by atoms with van der Waals surface area (Å²) in [6.07, 6.45) is 0. The van der Waals surface area contributed by atoms with Crippen molar-refractivity contribution in [1.82, 2.24) is 0 Å². The summed E-state index contributed by atoms with van der Waals surface area (Å²) < 4.78 is 136. The molecule has 0 saturated carbocycles. The average Bonchev–Trinajstić information content (AvgIpc) is 2.62. The molecule has 0 aromatic heterocycles. The maximum Gasteiger partial charge on any atom is 0.419 e. The van der Waals surface area contributed by atoms with Gasteiger partial charge in [0, 0.05) is 0 Å². The van der Waals surface area contributed by atoms with Crippen LogP contribution in [-0.4, -0.2) is 4.71 Å². The fourth-order valence-electron chi connectivity index (χ4n) is 1.61. The summed E-state index contributed by atoms with van der Waals surface area (Å²) in [5.41, 5.74) is 0. The second-order valence-corrected chi connectivity index (χ2v) is 5.65. The van der Waals surface area contributed by atoms with Gasteiger partial charge in [0.15, 0.2) is 0 Å². The number of alkyl halides is 2. The molecule has 14 heteroatoms. The van der Waals surface area contributed by atoms with E-state index >= 15 is 0 Å². The maximum atomic E-state index is 13.5. The number of hydrogen-bond donors (Lipinski definition) is 0. The Kier molecular flexibility index (Phi) is 5.62. The van der Waals surface area contributed by atoms with E-state index < -0.39 is 74.4 Å². The molecule has 0 atom stereocenters. The van der Waals surface area contributed by atoms with Crippen LogP contribution in [0.5, 0.6) is 11.5 Å². The SMILES string of the molecule is Fc1c(F)c(F)c(OC(Cl)(Cl)Oc2c(F)c(F)c(F)c(F)c2F)c(F)c1F. The zero-order chi connectivity index (χ0) is 20.8. The van der Waals surface area contributed by atoms with E-state index in [1.807, 2.05) is 0 Å². The fourth-order valence-corrected chi connectivity index (χ4v) is 1.92. The molecule has 27 heavy (non-hydrogen) atoms. The molecule has 148 valence electrons. The second-order valence-electron chi connectivity index (χ2n) is 4.47. The van der Waals surface area contributed by atoms with Gasteiger partial charge in [0.25, 0.3) is 0 Å². The molecule has 2 nitrogen and oxygen atoms in total. The minimum Gasteiger partial charge on any atom is -0.421 e. The molecule has 0 aliphatic carbocycles. The zero-order valence-electron chi connectivity index (χ0n) is 11.9. The monoisotopic (exact) mass is 448 g/mol. The topological polar surface area (TPSA) is 18.5 Å². The normalized spacial score (nSPS) is 11.7. The first-order chi connectivity index (χ1) is 12.3. The number of rotatable bonds is 4. The molecule has 0 fully saturated rings. The van der Waals surface area contributed by atoms with Crippen LogP contribution < -0.4 is 9.47 Å². The van der Waals surface area contributed by atoms with Crippen molar-refractivity contribution >= 4 is 23.2 Å². The van der Waals surface area contributed by atoms with Gasteiger partial charge in [0.1, 0.15) is 0 Å². The first kappa shape index (κ1) is 21.2. The summed E-state index contributed by atoms with van der Waals surface area (Å²) in [4.78, 5) is 0. The summed E-state index contributed by atoms with van der Waals surface area (Å²) >= 11 is 10.3. The quantitative estimate of drug-likeness (QED) is 0.198. The van der Waals surface area contributed by atoms with Gasteiger partial charge in [0.2, 0.25) is 69.7 Å². The molecule has 0 saturated heterocycles. The number of hydrogen-bond acceptors (Lipinski definition) is 2. The Labute approximate surface area is 151 Å². The Morgan fingerprint density at radius 1 is 0.407 bits per heavy atom. The lowest BCUT2D eigenvalue weighted by molar-refractivity contribution is 0.0207. The van der Waals surface area contributed by atoms with Crippen LogP contribution in [0.15, 0.2) is 0 Å². The van der Waals surface area contributed by atoms with Gasteiger partial charge in [-0.2, -0.15) is 17.6 Å². The van der Waals surface area contributed by atoms with E-state index in [0.29, 0.717) is 0 Å². The smallest absolute Gasteiger partial charge is 0.419 e. The van der Waals surface area contributed by atoms with Crippen LogP contribution in [-0.2, 0) is 0 Å². The standard InChI is InChI=1S/C13Cl2F10O2/c14-13(15,26-11-7(22)3(18)1(16)4(19)8(11)23)27-12-9(24)5(20)2(17)6(21)10(12)25. The van der Waals surface area contributed by atoms with Crippen LogP contribution in [0.1, 0.15) is 0 Å². The molecule has 0 heterocycles. The molecule has 2 rings (SSSR count). The van der Waals surface area contributed by atoms with Crippen molar-refractivity contribution in [2.75, 3.05) is 0 Å². The van der Waals surface area contributed by atoms with Gasteiger partial charge in [0.05, 0.1) is 0 Å². The molecule has 0 N–H and O–H groups in total. The predicted octanol–water partition coefficient (Wildman–Crippen LogP) is 5.62. The molecule has 0 bridgehead atoms. The van der Waals surface area contributed by atoms with Gasteiger partial charge < -0.3 is 9.47 Å². The lowest BCUT2D eigenvalue weighted by Crippen LogP contribution is -2.32. The highest BCUT2D eigenvalue weighted by molar-refractivity contribution is 6.46. The fraction of sp³-hybridized carbons (Fsp3) is 0.0769. The summed E-state index contributed by atoms with van der Waals surface area (Å²) in [5, 5.41) is 0. The van der Waals surface area contributed by atoms with Crippen molar-refractivity contribution < 1.29 is 53.4 Å². The van der Waals surface area contributed by atoms with Gasteiger partial charge in [-0.05, 0) is 23.2 Å². The van der Waals surface area contributed by atoms with Crippen LogP contribution in [0.2, 0.25) is 0 Å². The number of ether oxygens (including phenoxy) is 2. The Morgan fingerprint density at radius 2 is 0.593 bits per heavy atom. The average molecular weight is 449 g/mol. The van der Waals surface area contributed by atoms with Crippen LogP contribution in [0.3, 0.4) is 0 Å². The Hall–Kier alpha value is -2.08. The van der Waals surface area contributed by atoms with Crippen LogP contribution in [0, 0.1) is 58.2 Å². The first-order valence-electron chi connectivity index (χ1n) is 6.08. The third-order valence-electron chi connectivity index (χ3n) is 2.78. The van der Waals surface area contributed by atoms with Crippen LogP contribution >= 0.6 is 23.2 Å². The summed E-state index contributed by atoms with van der Waals surface area (Å²) in [6, 6.07) is 0. The molecule has 0 aliphatic rings. The first-order valence-corrected chi connectivity index (χ1v) is 6.84. The van der Waals surface area contributed by atoms with Gasteiger partial charge >= 0.3 is 4.71 Å². The Morgan fingerprint density at radius 3 is 0.815 bits per heavy atom. The Bertz CT molecular complexity index is 803. The number of halogens is 12. The molecule has 0 unspecified atom stereocenters. The maximum absolute atomic E-state index is 13.5. The molecule has 0 aliphatic heterocycles. The van der Waals surface area contributed by atoms with Crippen molar-refractivity contribution in [2.24, 2.45) is 0 Å². The lowest BCUT2D eigenvalue weighted by Gasteiger charge is -2.23. The van der Waals surface area contributed by atoms with E-state index in [1.165, 1.54) is 0 Å². The van der Waals surface area contributed by atoms with Crippen molar-refractivity contribution in [3.63, 3.8) is 0 Å². The molecule has 2 aromatic carbocycles. The molecular formula is C13Cl2F10O2. The molecular weight excluding hydrogens is 449 g/mol. The van der Waals surface area contributed by atoms with Crippen molar-refractivity contribution in [3.8, 4) is 11.5 Å². The lowest BCUT2D eigenvalue weighted by atomic mass is 10.2. The van der Waals surface area contributed by atoms with Gasteiger partial charge in [-0.1, -0.05) is 0 Å². The number of benzene rings is 2. The van der Waals surface area contributed by atoms with Gasteiger partial charge in [-0.15, -0.1) is 0 Å². The third-order valence-corrected chi connectivity index (χ3v) is 3.09. The van der Waals surface area contributed by atoms with E-state index in [2.05, 4.69) is 9.47 Å². The molecule has 2 aromatic rings. The zero-order valence-corrected chi connectivity index (χ0v) is 13.4. The Balaban J connectivity index is 2.49. The molecule has 0 amide bonds. The van der Waals surface area contributed by atoms with E-state index in [-0.39, 0.29) is 0 Å². The van der Waals surface area contributed by atoms with Crippen LogP contribution in [0.4, 0.5) is 43.9 Å². The van der Waals surface area contributed by atoms with Crippen molar-refractivity contribution in [1.29, 1.82) is 0 Å². The van der Waals surface area contributed by atoms with E-state index in [1.54, 1.807) is 0 Å². The minimum atomic E-state index is -3.70. The van der Waals surface area contributed by atoms with Crippen molar-refractivity contribution in [2.45, 2.75) is 4.71 Å². The van der Waals surface area contributed by atoms with E-state index in [0.717, 1.165) is 0 Å². The highest BCUT2D eigenvalue weighted by Crippen LogP contribution is 2.38. The van der Waals surface area contributed by atoms with Gasteiger partial charge in [-0.25, -0.2) is 26.3 Å².